The number of thiazole rings is 1. The zero-order chi connectivity index (χ0) is 18.2. The second-order valence-electron chi connectivity index (χ2n) is 6.69. The van der Waals surface area contributed by atoms with E-state index in [1.165, 1.54) is 27.4 Å². The third kappa shape index (κ3) is 7.04. The molecule has 0 fully saturated rings. The molecule has 148 valence electrons. The van der Waals surface area contributed by atoms with Crippen LogP contribution in [-0.2, 0) is 19.4 Å². The van der Waals surface area contributed by atoms with Crippen LogP contribution in [0.25, 0.3) is 0 Å². The molecule has 1 aromatic heterocycles. The van der Waals surface area contributed by atoms with Crippen LogP contribution < -0.4 is 10.6 Å². The van der Waals surface area contributed by atoms with Gasteiger partial charge in [0.05, 0.1) is 5.01 Å². The Morgan fingerprint density at radius 1 is 1.22 bits per heavy atom. The summed E-state index contributed by atoms with van der Waals surface area (Å²) in [7, 11) is 1.82. The van der Waals surface area contributed by atoms with E-state index in [2.05, 4.69) is 56.7 Å². The van der Waals surface area contributed by atoms with E-state index in [1.54, 1.807) is 11.3 Å². The van der Waals surface area contributed by atoms with Gasteiger partial charge in [-0.25, -0.2) is 4.98 Å². The van der Waals surface area contributed by atoms with E-state index in [9.17, 15) is 0 Å². The first-order valence-corrected chi connectivity index (χ1v) is 10.2. The first kappa shape index (κ1) is 22.1. The van der Waals surface area contributed by atoms with Gasteiger partial charge >= 0.3 is 0 Å². The summed E-state index contributed by atoms with van der Waals surface area (Å²) in [6.07, 6.45) is 5.16. The number of nitrogens with one attached hydrogen (secondary N) is 2. The number of rotatable bonds is 7. The molecule has 1 aliphatic rings. The molecular formula is C20H30IN5S. The predicted octanol–water partition coefficient (Wildman–Crippen LogP) is 3.23. The van der Waals surface area contributed by atoms with Crippen LogP contribution in [0.4, 0.5) is 0 Å². The van der Waals surface area contributed by atoms with Crippen LogP contribution in [0.5, 0.6) is 0 Å². The lowest BCUT2D eigenvalue weighted by atomic mass is 10.00. The van der Waals surface area contributed by atoms with Crippen molar-refractivity contribution < 1.29 is 0 Å². The molecule has 2 heterocycles. The zero-order valence-corrected chi connectivity index (χ0v) is 19.3. The largest absolute Gasteiger partial charge is 0.356 e. The number of hydrogen-bond acceptors (Lipinski definition) is 4. The molecule has 1 aromatic carbocycles. The highest BCUT2D eigenvalue weighted by molar-refractivity contribution is 14.0. The molecule has 27 heavy (non-hydrogen) atoms. The zero-order valence-electron chi connectivity index (χ0n) is 16.2. The van der Waals surface area contributed by atoms with Crippen molar-refractivity contribution in [2.75, 3.05) is 33.2 Å². The fourth-order valence-corrected chi connectivity index (χ4v) is 4.07. The van der Waals surface area contributed by atoms with Crippen molar-refractivity contribution in [3.63, 3.8) is 0 Å². The standard InChI is InChI=1S/C20H29N5S.HI/c1-16-14-24-19(26-16)8-11-23-20(21-2)22-10-5-12-25-13-9-17-6-3-4-7-18(17)15-25;/h3-4,6-7,14H,5,8-13,15H2,1-2H3,(H2,21,22,23);1H. The Hall–Kier alpha value is -1.19. The highest BCUT2D eigenvalue weighted by atomic mass is 127. The van der Waals surface area contributed by atoms with E-state index in [0.29, 0.717) is 0 Å². The molecule has 0 atom stereocenters. The summed E-state index contributed by atoms with van der Waals surface area (Å²) in [5.41, 5.74) is 3.00. The average Bonchev–Trinajstić information content (AvgIpc) is 3.08. The third-order valence-corrected chi connectivity index (χ3v) is 5.65. The lowest BCUT2D eigenvalue weighted by Gasteiger charge is -2.28. The maximum atomic E-state index is 4.39. The van der Waals surface area contributed by atoms with Crippen LogP contribution in [0.15, 0.2) is 35.5 Å². The number of halogens is 1. The molecule has 1 aliphatic heterocycles. The molecule has 0 bridgehead atoms. The Bertz CT molecular complexity index is 731. The maximum absolute atomic E-state index is 4.39. The Kier molecular flexibility index (Phi) is 9.50. The van der Waals surface area contributed by atoms with E-state index in [1.807, 2.05) is 13.2 Å². The number of benzene rings is 1. The van der Waals surface area contributed by atoms with Gasteiger partial charge in [0, 0.05) is 57.3 Å². The Morgan fingerprint density at radius 3 is 2.74 bits per heavy atom. The van der Waals surface area contributed by atoms with Crippen LogP contribution in [0.2, 0.25) is 0 Å². The second kappa shape index (κ2) is 11.6. The van der Waals surface area contributed by atoms with Gasteiger partial charge in [-0.3, -0.25) is 9.89 Å². The number of aliphatic imine (C=N–C) groups is 1. The van der Waals surface area contributed by atoms with Gasteiger partial charge in [0.1, 0.15) is 0 Å². The molecule has 5 nitrogen and oxygen atoms in total. The highest BCUT2D eigenvalue weighted by Crippen LogP contribution is 2.18. The topological polar surface area (TPSA) is 52.6 Å². The smallest absolute Gasteiger partial charge is 0.190 e. The predicted molar refractivity (Wildman–Crippen MR) is 125 cm³/mol. The van der Waals surface area contributed by atoms with Gasteiger partial charge in [0.15, 0.2) is 5.96 Å². The average molecular weight is 499 g/mol. The number of aryl methyl sites for hydroxylation is 1. The molecule has 0 spiro atoms. The van der Waals surface area contributed by atoms with Gasteiger partial charge in [-0.05, 0) is 30.9 Å². The van der Waals surface area contributed by atoms with Crippen molar-refractivity contribution in [1.29, 1.82) is 0 Å². The molecule has 0 saturated heterocycles. The summed E-state index contributed by atoms with van der Waals surface area (Å²) in [5, 5.41) is 7.96. The van der Waals surface area contributed by atoms with Crippen LogP contribution in [-0.4, -0.2) is 49.1 Å². The SMILES string of the molecule is CN=C(NCCCN1CCc2ccccc2C1)NCCc1ncc(C)s1.I. The highest BCUT2D eigenvalue weighted by Gasteiger charge is 2.14. The second-order valence-corrected chi connectivity index (χ2v) is 8.01. The quantitative estimate of drug-likeness (QED) is 0.266. The number of aromatic nitrogens is 1. The summed E-state index contributed by atoms with van der Waals surface area (Å²) < 4.78 is 0. The summed E-state index contributed by atoms with van der Waals surface area (Å²) >= 11 is 1.76. The van der Waals surface area contributed by atoms with E-state index in [-0.39, 0.29) is 24.0 Å². The minimum Gasteiger partial charge on any atom is -0.356 e. The van der Waals surface area contributed by atoms with Crippen molar-refractivity contribution in [3.05, 3.63) is 51.5 Å². The minimum atomic E-state index is 0. The van der Waals surface area contributed by atoms with E-state index in [4.69, 9.17) is 0 Å². The third-order valence-electron chi connectivity index (χ3n) is 4.68. The number of nitrogens with zero attached hydrogens (tertiary/aromatic N) is 3. The number of guanidine groups is 1. The van der Waals surface area contributed by atoms with Crippen molar-refractivity contribution in [3.8, 4) is 0 Å². The maximum Gasteiger partial charge on any atom is 0.190 e. The van der Waals surface area contributed by atoms with E-state index >= 15 is 0 Å². The number of hydrogen-bond donors (Lipinski definition) is 2. The molecule has 0 aliphatic carbocycles. The van der Waals surface area contributed by atoms with Crippen LogP contribution in [0.3, 0.4) is 0 Å². The fourth-order valence-electron chi connectivity index (χ4n) is 3.28. The lowest BCUT2D eigenvalue weighted by molar-refractivity contribution is 0.251. The molecule has 2 aromatic rings. The summed E-state index contributed by atoms with van der Waals surface area (Å²) in [6, 6.07) is 8.81. The Labute approximate surface area is 183 Å². The summed E-state index contributed by atoms with van der Waals surface area (Å²) in [6.45, 7) is 7.25. The van der Waals surface area contributed by atoms with Gasteiger partial charge in [0.2, 0.25) is 0 Å². The normalized spacial score (nSPS) is 14.4. The molecule has 0 radical (unpaired) electrons. The molecular weight excluding hydrogens is 469 g/mol. The molecule has 2 N–H and O–H groups in total. The van der Waals surface area contributed by atoms with E-state index < -0.39 is 0 Å². The van der Waals surface area contributed by atoms with Gasteiger partial charge in [-0.1, -0.05) is 24.3 Å². The van der Waals surface area contributed by atoms with Crippen LogP contribution in [0, 0.1) is 6.92 Å². The van der Waals surface area contributed by atoms with Gasteiger partial charge in [0.25, 0.3) is 0 Å². The molecule has 0 unspecified atom stereocenters. The van der Waals surface area contributed by atoms with Crippen LogP contribution in [0.1, 0.15) is 27.4 Å². The molecule has 7 heteroatoms. The van der Waals surface area contributed by atoms with Gasteiger partial charge in [-0.15, -0.1) is 35.3 Å². The molecule has 0 amide bonds. The number of fused-ring (bicyclic) bond motifs is 1. The molecule has 0 saturated carbocycles. The Balaban J connectivity index is 0.00000261. The first-order chi connectivity index (χ1) is 12.7. The monoisotopic (exact) mass is 499 g/mol. The Morgan fingerprint density at radius 2 is 2.00 bits per heavy atom. The summed E-state index contributed by atoms with van der Waals surface area (Å²) in [5.74, 6) is 0.877. The minimum absolute atomic E-state index is 0. The first-order valence-electron chi connectivity index (χ1n) is 9.39. The lowest BCUT2D eigenvalue weighted by Crippen LogP contribution is -2.40. The van der Waals surface area contributed by atoms with Crippen molar-refractivity contribution >= 4 is 41.3 Å². The van der Waals surface area contributed by atoms with Gasteiger partial charge < -0.3 is 10.6 Å². The van der Waals surface area contributed by atoms with Crippen molar-refractivity contribution in [2.24, 2.45) is 4.99 Å². The molecule has 3 rings (SSSR count). The fraction of sp³-hybridized carbons (Fsp3) is 0.500. The van der Waals surface area contributed by atoms with Crippen molar-refractivity contribution in [2.45, 2.75) is 32.7 Å². The van der Waals surface area contributed by atoms with E-state index in [0.717, 1.165) is 51.5 Å². The summed E-state index contributed by atoms with van der Waals surface area (Å²) in [4.78, 5) is 12.5. The van der Waals surface area contributed by atoms with Gasteiger partial charge in [-0.2, -0.15) is 0 Å². The van der Waals surface area contributed by atoms with Crippen LogP contribution >= 0.6 is 35.3 Å². The van der Waals surface area contributed by atoms with Crippen molar-refractivity contribution in [1.82, 2.24) is 20.5 Å².